The quantitative estimate of drug-likeness (QED) is 0.743. The molecule has 0 aromatic heterocycles. The van der Waals surface area contributed by atoms with Crippen LogP contribution in [0.1, 0.15) is 18.5 Å². The summed E-state index contributed by atoms with van der Waals surface area (Å²) in [6.45, 7) is 1.79. The predicted molar refractivity (Wildman–Crippen MR) is 103 cm³/mol. The van der Waals surface area contributed by atoms with Crippen LogP contribution in [0, 0.1) is 0 Å². The molecule has 2 aromatic carbocycles. The second-order valence-electron chi connectivity index (χ2n) is 5.72. The minimum absolute atomic E-state index is 0.0465. The van der Waals surface area contributed by atoms with Gasteiger partial charge in [0.15, 0.2) is 6.61 Å². The third kappa shape index (κ3) is 4.22. The van der Waals surface area contributed by atoms with Crippen LogP contribution >= 0.6 is 31.9 Å². The fraction of sp³-hybridized carbons (Fsp3) is 0.222. The highest BCUT2D eigenvalue weighted by atomic mass is 79.9. The number of benzene rings is 2. The van der Waals surface area contributed by atoms with Gasteiger partial charge in [0, 0.05) is 8.95 Å². The molecule has 1 unspecified atom stereocenters. The van der Waals surface area contributed by atoms with Crippen LogP contribution in [0.5, 0.6) is 5.75 Å². The first-order chi connectivity index (χ1) is 11.9. The molecule has 7 heteroatoms. The van der Waals surface area contributed by atoms with Crippen molar-refractivity contribution in [3.63, 3.8) is 0 Å². The Morgan fingerprint density at radius 3 is 2.76 bits per heavy atom. The van der Waals surface area contributed by atoms with Crippen LogP contribution in [0.25, 0.3) is 0 Å². The Balaban J connectivity index is 1.71. The molecular formula is C18H16Br2N2O3. The number of rotatable bonds is 4. The Bertz CT molecular complexity index is 826. The highest BCUT2D eigenvalue weighted by molar-refractivity contribution is 9.10. The zero-order valence-corrected chi connectivity index (χ0v) is 16.6. The van der Waals surface area contributed by atoms with Crippen LogP contribution in [-0.2, 0) is 9.59 Å². The number of hydrogen-bond donors (Lipinski definition) is 1. The van der Waals surface area contributed by atoms with E-state index < -0.39 is 0 Å². The van der Waals surface area contributed by atoms with Gasteiger partial charge in [-0.05, 0) is 42.8 Å². The van der Waals surface area contributed by atoms with Crippen molar-refractivity contribution in [1.82, 2.24) is 5.32 Å². The summed E-state index contributed by atoms with van der Waals surface area (Å²) in [4.78, 5) is 26.1. The molecule has 1 heterocycles. The van der Waals surface area contributed by atoms with Crippen molar-refractivity contribution in [2.75, 3.05) is 18.1 Å². The van der Waals surface area contributed by atoms with Crippen LogP contribution < -0.4 is 15.0 Å². The van der Waals surface area contributed by atoms with Crippen molar-refractivity contribution in [2.24, 2.45) is 0 Å². The van der Waals surface area contributed by atoms with Crippen molar-refractivity contribution < 1.29 is 14.3 Å². The van der Waals surface area contributed by atoms with E-state index in [1.54, 1.807) is 12.1 Å². The van der Waals surface area contributed by atoms with Gasteiger partial charge in [0.25, 0.3) is 5.91 Å². The number of anilines is 1. The largest absolute Gasteiger partial charge is 0.482 e. The second-order valence-corrected chi connectivity index (χ2v) is 7.56. The summed E-state index contributed by atoms with van der Waals surface area (Å²) in [6.07, 6.45) is 0. The van der Waals surface area contributed by atoms with E-state index >= 15 is 0 Å². The average molecular weight is 468 g/mol. The molecule has 5 nitrogen and oxygen atoms in total. The maximum atomic E-state index is 12.4. The minimum Gasteiger partial charge on any atom is -0.482 e. The second kappa shape index (κ2) is 7.58. The van der Waals surface area contributed by atoms with Crippen molar-refractivity contribution in [3.05, 3.63) is 57.0 Å². The first-order valence-corrected chi connectivity index (χ1v) is 9.30. The number of halogens is 2. The number of carbonyl (C=O) groups excluding carboxylic acids is 2. The average Bonchev–Trinajstić information content (AvgIpc) is 2.57. The van der Waals surface area contributed by atoms with E-state index in [0.717, 1.165) is 14.5 Å². The van der Waals surface area contributed by atoms with Gasteiger partial charge in [-0.2, -0.15) is 0 Å². The fourth-order valence-corrected chi connectivity index (χ4v) is 3.40. The molecule has 0 spiro atoms. The monoisotopic (exact) mass is 466 g/mol. The molecule has 1 aliphatic rings. The topological polar surface area (TPSA) is 58.6 Å². The van der Waals surface area contributed by atoms with E-state index in [4.69, 9.17) is 4.74 Å². The molecule has 130 valence electrons. The number of nitrogens with one attached hydrogen (secondary N) is 1. The van der Waals surface area contributed by atoms with Gasteiger partial charge in [-0.3, -0.25) is 14.5 Å². The molecular weight excluding hydrogens is 452 g/mol. The van der Waals surface area contributed by atoms with E-state index in [9.17, 15) is 9.59 Å². The molecule has 0 bridgehead atoms. The summed E-state index contributed by atoms with van der Waals surface area (Å²) in [5.41, 5.74) is 1.59. The van der Waals surface area contributed by atoms with Crippen molar-refractivity contribution >= 4 is 49.4 Å². The Labute approximate surface area is 162 Å². The zero-order chi connectivity index (χ0) is 18.0. The molecule has 0 saturated heterocycles. The van der Waals surface area contributed by atoms with Gasteiger partial charge >= 0.3 is 0 Å². The van der Waals surface area contributed by atoms with E-state index in [1.807, 2.05) is 37.3 Å². The van der Waals surface area contributed by atoms with Gasteiger partial charge < -0.3 is 10.1 Å². The molecule has 1 atom stereocenters. The number of fused-ring (bicyclic) bond motifs is 1. The molecule has 0 radical (unpaired) electrons. The molecule has 3 rings (SSSR count). The smallest absolute Gasteiger partial charge is 0.265 e. The van der Waals surface area contributed by atoms with E-state index in [2.05, 4.69) is 37.2 Å². The van der Waals surface area contributed by atoms with Gasteiger partial charge in [-0.15, -0.1) is 0 Å². The van der Waals surface area contributed by atoms with Gasteiger partial charge in [-0.1, -0.05) is 44.0 Å². The predicted octanol–water partition coefficient (Wildman–Crippen LogP) is 3.81. The lowest BCUT2D eigenvalue weighted by atomic mass is 10.1. The molecule has 0 saturated carbocycles. The SMILES string of the molecule is CC(NC(=O)CN1C(=O)COc2cc(Br)ccc21)c1cccc(Br)c1. The summed E-state index contributed by atoms with van der Waals surface area (Å²) in [5, 5.41) is 2.93. The Morgan fingerprint density at radius 1 is 1.24 bits per heavy atom. The number of amides is 2. The van der Waals surface area contributed by atoms with Gasteiger partial charge in [0.05, 0.1) is 11.7 Å². The molecule has 2 aromatic rings. The lowest BCUT2D eigenvalue weighted by Gasteiger charge is -2.29. The number of carbonyl (C=O) groups is 2. The lowest BCUT2D eigenvalue weighted by Crippen LogP contribution is -2.45. The van der Waals surface area contributed by atoms with Crippen LogP contribution in [0.4, 0.5) is 5.69 Å². The zero-order valence-electron chi connectivity index (χ0n) is 13.5. The van der Waals surface area contributed by atoms with E-state index in [-0.39, 0.29) is 31.0 Å². The highest BCUT2D eigenvalue weighted by Gasteiger charge is 2.27. The molecule has 25 heavy (non-hydrogen) atoms. The van der Waals surface area contributed by atoms with Crippen LogP contribution in [0.2, 0.25) is 0 Å². The Morgan fingerprint density at radius 2 is 2.00 bits per heavy atom. The van der Waals surface area contributed by atoms with Gasteiger partial charge in [0.1, 0.15) is 12.3 Å². The maximum Gasteiger partial charge on any atom is 0.265 e. The minimum atomic E-state index is -0.236. The number of nitrogens with zero attached hydrogens (tertiary/aromatic N) is 1. The first-order valence-electron chi connectivity index (χ1n) is 7.71. The Kier molecular flexibility index (Phi) is 5.44. The number of hydrogen-bond acceptors (Lipinski definition) is 3. The summed E-state index contributed by atoms with van der Waals surface area (Å²) in [7, 11) is 0. The molecule has 2 amide bonds. The van der Waals surface area contributed by atoms with E-state index in [0.29, 0.717) is 11.4 Å². The standard InChI is InChI=1S/C18H16Br2N2O3/c1-11(12-3-2-4-13(19)7-12)21-17(23)9-22-15-6-5-14(20)8-16(15)25-10-18(22)24/h2-8,11H,9-10H2,1H3,(H,21,23). The van der Waals surface area contributed by atoms with Crippen LogP contribution in [0.3, 0.4) is 0 Å². The van der Waals surface area contributed by atoms with Crippen LogP contribution in [-0.4, -0.2) is 25.0 Å². The molecule has 0 aliphatic carbocycles. The molecule has 1 aliphatic heterocycles. The third-order valence-corrected chi connectivity index (χ3v) is 4.88. The highest BCUT2D eigenvalue weighted by Crippen LogP contribution is 2.34. The normalized spacial score (nSPS) is 14.5. The van der Waals surface area contributed by atoms with Crippen molar-refractivity contribution in [2.45, 2.75) is 13.0 Å². The third-order valence-electron chi connectivity index (χ3n) is 3.89. The summed E-state index contributed by atoms with van der Waals surface area (Å²) in [5.74, 6) is 0.124. The molecule has 0 fully saturated rings. The van der Waals surface area contributed by atoms with Crippen LogP contribution in [0.15, 0.2) is 51.4 Å². The maximum absolute atomic E-state index is 12.4. The molecule has 1 N–H and O–H groups in total. The first kappa shape index (κ1) is 17.9. The summed E-state index contributed by atoms with van der Waals surface area (Å²) in [6, 6.07) is 13.0. The Hall–Kier alpha value is -1.86. The number of ether oxygens (including phenoxy) is 1. The van der Waals surface area contributed by atoms with Crippen molar-refractivity contribution in [1.29, 1.82) is 0 Å². The fourth-order valence-electron chi connectivity index (χ4n) is 2.64. The summed E-state index contributed by atoms with van der Waals surface area (Å²) >= 11 is 6.80. The summed E-state index contributed by atoms with van der Waals surface area (Å²) < 4.78 is 7.24. The van der Waals surface area contributed by atoms with E-state index in [1.165, 1.54) is 4.90 Å². The van der Waals surface area contributed by atoms with Gasteiger partial charge in [0.2, 0.25) is 5.91 Å². The lowest BCUT2D eigenvalue weighted by molar-refractivity contribution is -0.125. The van der Waals surface area contributed by atoms with Gasteiger partial charge in [-0.25, -0.2) is 0 Å². The van der Waals surface area contributed by atoms with Crippen molar-refractivity contribution in [3.8, 4) is 5.75 Å².